The average molecular weight is 302 g/mol. The van der Waals surface area contributed by atoms with E-state index in [1.165, 1.54) is 6.07 Å². The van der Waals surface area contributed by atoms with Crippen LogP contribution >= 0.6 is 0 Å². The van der Waals surface area contributed by atoms with E-state index in [0.717, 1.165) is 31.4 Å². The molecule has 1 aromatic carbocycles. The zero-order valence-corrected chi connectivity index (χ0v) is 12.3. The van der Waals surface area contributed by atoms with E-state index in [4.69, 9.17) is 0 Å². The summed E-state index contributed by atoms with van der Waals surface area (Å²) >= 11 is 0. The molecule has 0 aliphatic rings. The van der Waals surface area contributed by atoms with E-state index < -0.39 is 17.6 Å². The second-order valence-corrected chi connectivity index (χ2v) is 4.79. The number of hydrogen-bond acceptors (Lipinski definition) is 2. The van der Waals surface area contributed by atoms with Crippen LogP contribution in [0.4, 0.5) is 18.9 Å². The van der Waals surface area contributed by atoms with Crippen molar-refractivity contribution in [1.82, 2.24) is 5.32 Å². The van der Waals surface area contributed by atoms with Crippen LogP contribution in [0.3, 0.4) is 0 Å². The van der Waals surface area contributed by atoms with Crippen LogP contribution in [0.15, 0.2) is 18.2 Å². The van der Waals surface area contributed by atoms with Gasteiger partial charge in [-0.3, -0.25) is 4.79 Å². The Morgan fingerprint density at radius 3 is 2.43 bits per heavy atom. The molecule has 0 aromatic heterocycles. The van der Waals surface area contributed by atoms with E-state index in [1.807, 2.05) is 13.8 Å². The van der Waals surface area contributed by atoms with Crippen molar-refractivity contribution in [2.75, 3.05) is 18.4 Å². The van der Waals surface area contributed by atoms with Gasteiger partial charge < -0.3 is 10.6 Å². The molecule has 0 bridgehead atoms. The molecule has 6 heteroatoms. The highest BCUT2D eigenvalue weighted by Gasteiger charge is 2.31. The highest BCUT2D eigenvalue weighted by molar-refractivity contribution is 5.99. The number of rotatable bonds is 7. The third-order valence-corrected chi connectivity index (χ3v) is 2.97. The number of carbonyl (C=O) groups is 1. The third-order valence-electron chi connectivity index (χ3n) is 2.97. The van der Waals surface area contributed by atoms with E-state index in [9.17, 15) is 18.0 Å². The molecule has 0 unspecified atom stereocenters. The monoisotopic (exact) mass is 302 g/mol. The fourth-order valence-corrected chi connectivity index (χ4v) is 1.80. The summed E-state index contributed by atoms with van der Waals surface area (Å²) in [6.07, 6.45) is -1.94. The number of hydrogen-bond donors (Lipinski definition) is 2. The molecular formula is C15H21F3N2O. The van der Waals surface area contributed by atoms with Crippen LogP contribution in [0.25, 0.3) is 0 Å². The van der Waals surface area contributed by atoms with Gasteiger partial charge in [-0.05, 0) is 31.0 Å². The highest BCUT2D eigenvalue weighted by Crippen LogP contribution is 2.31. The van der Waals surface area contributed by atoms with E-state index in [1.54, 1.807) is 0 Å². The van der Waals surface area contributed by atoms with Gasteiger partial charge in [0, 0.05) is 18.8 Å². The second kappa shape index (κ2) is 7.90. The molecule has 21 heavy (non-hydrogen) atoms. The zero-order chi connectivity index (χ0) is 15.9. The molecule has 0 heterocycles. The minimum atomic E-state index is -4.46. The standard InChI is InChI=1S/C15H21F3N2O/c1-3-5-9-20-14(21)12-10-11(15(16,17)18)6-7-13(12)19-8-4-2/h6-7,10,19H,3-5,8-9H2,1-2H3,(H,20,21). The summed E-state index contributed by atoms with van der Waals surface area (Å²) in [7, 11) is 0. The Morgan fingerprint density at radius 2 is 1.86 bits per heavy atom. The zero-order valence-electron chi connectivity index (χ0n) is 12.3. The Balaban J connectivity index is 3.01. The smallest absolute Gasteiger partial charge is 0.384 e. The minimum Gasteiger partial charge on any atom is -0.384 e. The van der Waals surface area contributed by atoms with Crippen molar-refractivity contribution >= 4 is 11.6 Å². The first-order valence-corrected chi connectivity index (χ1v) is 7.13. The van der Waals surface area contributed by atoms with Crippen molar-refractivity contribution in [1.29, 1.82) is 0 Å². The maximum Gasteiger partial charge on any atom is 0.416 e. The van der Waals surface area contributed by atoms with Gasteiger partial charge in [-0.25, -0.2) is 0 Å². The molecule has 0 aliphatic carbocycles. The predicted octanol–water partition coefficient (Wildman–Crippen LogP) is 4.06. The average Bonchev–Trinajstić information content (AvgIpc) is 2.44. The molecule has 1 amide bonds. The molecule has 1 aromatic rings. The van der Waals surface area contributed by atoms with Crippen LogP contribution in [0.2, 0.25) is 0 Å². The van der Waals surface area contributed by atoms with Crippen LogP contribution in [-0.4, -0.2) is 19.0 Å². The largest absolute Gasteiger partial charge is 0.416 e. The lowest BCUT2D eigenvalue weighted by Gasteiger charge is -2.14. The van der Waals surface area contributed by atoms with Gasteiger partial charge in [0.2, 0.25) is 0 Å². The number of alkyl halides is 3. The van der Waals surface area contributed by atoms with Crippen molar-refractivity contribution in [3.8, 4) is 0 Å². The molecule has 0 radical (unpaired) electrons. The van der Waals surface area contributed by atoms with Crippen molar-refractivity contribution in [2.24, 2.45) is 0 Å². The van der Waals surface area contributed by atoms with Crippen molar-refractivity contribution in [3.63, 3.8) is 0 Å². The molecule has 1 rings (SSSR count). The molecule has 2 N–H and O–H groups in total. The van der Waals surface area contributed by atoms with Crippen LogP contribution < -0.4 is 10.6 Å². The lowest BCUT2D eigenvalue weighted by atomic mass is 10.1. The summed E-state index contributed by atoms with van der Waals surface area (Å²) in [5, 5.41) is 5.63. The Hall–Kier alpha value is -1.72. The topological polar surface area (TPSA) is 41.1 Å². The van der Waals surface area contributed by atoms with E-state index in [-0.39, 0.29) is 5.56 Å². The fraction of sp³-hybridized carbons (Fsp3) is 0.533. The SMILES string of the molecule is CCCCNC(=O)c1cc(C(F)(F)F)ccc1NCCC. The molecule has 0 aliphatic heterocycles. The minimum absolute atomic E-state index is 0.0365. The summed E-state index contributed by atoms with van der Waals surface area (Å²) in [5.41, 5.74) is -0.349. The molecule has 0 saturated carbocycles. The highest BCUT2D eigenvalue weighted by atomic mass is 19.4. The van der Waals surface area contributed by atoms with Crippen LogP contribution in [0.1, 0.15) is 49.0 Å². The quantitative estimate of drug-likeness (QED) is 0.746. The van der Waals surface area contributed by atoms with Crippen molar-refractivity contribution in [3.05, 3.63) is 29.3 Å². The predicted molar refractivity (Wildman–Crippen MR) is 77.5 cm³/mol. The van der Waals surface area contributed by atoms with Gasteiger partial charge in [-0.2, -0.15) is 13.2 Å². The van der Waals surface area contributed by atoms with Gasteiger partial charge in [-0.15, -0.1) is 0 Å². The number of benzene rings is 1. The summed E-state index contributed by atoms with van der Waals surface area (Å²) < 4.78 is 38.3. The van der Waals surface area contributed by atoms with Gasteiger partial charge in [-0.1, -0.05) is 20.3 Å². The third kappa shape index (κ3) is 5.28. The number of nitrogens with one attached hydrogen (secondary N) is 2. The summed E-state index contributed by atoms with van der Waals surface area (Å²) in [6.45, 7) is 4.97. The molecule has 0 fully saturated rings. The molecular weight excluding hydrogens is 281 g/mol. The number of halogens is 3. The van der Waals surface area contributed by atoms with Crippen LogP contribution in [0, 0.1) is 0 Å². The van der Waals surface area contributed by atoms with Crippen LogP contribution in [-0.2, 0) is 6.18 Å². The molecule has 118 valence electrons. The molecule has 3 nitrogen and oxygen atoms in total. The van der Waals surface area contributed by atoms with Crippen LogP contribution in [0.5, 0.6) is 0 Å². The normalized spacial score (nSPS) is 11.3. The number of amides is 1. The van der Waals surface area contributed by atoms with E-state index in [2.05, 4.69) is 10.6 Å². The molecule has 0 saturated heterocycles. The summed E-state index contributed by atoms with van der Waals surface area (Å²) in [4.78, 5) is 12.1. The summed E-state index contributed by atoms with van der Waals surface area (Å²) in [5.74, 6) is -0.479. The van der Waals surface area contributed by atoms with E-state index in [0.29, 0.717) is 18.8 Å². The van der Waals surface area contributed by atoms with Gasteiger partial charge in [0.15, 0.2) is 0 Å². The molecule has 0 atom stereocenters. The summed E-state index contributed by atoms with van der Waals surface area (Å²) in [6, 6.07) is 3.20. The maximum atomic E-state index is 12.8. The Labute approximate surface area is 122 Å². The Morgan fingerprint density at radius 1 is 1.14 bits per heavy atom. The Bertz CT molecular complexity index is 472. The van der Waals surface area contributed by atoms with Gasteiger partial charge >= 0.3 is 6.18 Å². The number of carbonyl (C=O) groups excluding carboxylic acids is 1. The molecule has 0 spiro atoms. The lowest BCUT2D eigenvalue weighted by Crippen LogP contribution is -2.26. The van der Waals surface area contributed by atoms with Gasteiger partial charge in [0.05, 0.1) is 11.1 Å². The second-order valence-electron chi connectivity index (χ2n) is 4.79. The fourth-order valence-electron chi connectivity index (χ4n) is 1.80. The van der Waals surface area contributed by atoms with Crippen molar-refractivity contribution in [2.45, 2.75) is 39.3 Å². The number of unbranched alkanes of at least 4 members (excludes halogenated alkanes) is 1. The van der Waals surface area contributed by atoms with Crippen molar-refractivity contribution < 1.29 is 18.0 Å². The number of anilines is 1. The Kier molecular flexibility index (Phi) is 6.52. The first kappa shape index (κ1) is 17.3. The first-order chi connectivity index (χ1) is 9.90. The first-order valence-electron chi connectivity index (χ1n) is 7.13. The lowest BCUT2D eigenvalue weighted by molar-refractivity contribution is -0.137. The van der Waals surface area contributed by atoms with E-state index >= 15 is 0 Å². The van der Waals surface area contributed by atoms with Gasteiger partial charge in [0.25, 0.3) is 5.91 Å². The maximum absolute atomic E-state index is 12.8. The van der Waals surface area contributed by atoms with Gasteiger partial charge in [0.1, 0.15) is 0 Å².